The van der Waals surface area contributed by atoms with Crippen molar-refractivity contribution < 1.29 is 13.2 Å². The van der Waals surface area contributed by atoms with Crippen LogP contribution in [0, 0.1) is 0 Å². The Balaban J connectivity index is 1.81. The number of nitrogens with zero attached hydrogens (tertiary/aromatic N) is 6. The van der Waals surface area contributed by atoms with E-state index in [1.54, 1.807) is 18.3 Å². The summed E-state index contributed by atoms with van der Waals surface area (Å²) >= 11 is 0. The van der Waals surface area contributed by atoms with E-state index in [0.29, 0.717) is 55.7 Å². The second-order valence-corrected chi connectivity index (χ2v) is 8.96. The summed E-state index contributed by atoms with van der Waals surface area (Å²) in [5.41, 5.74) is 13.5. The number of pyridine rings is 1. The number of piperazine rings is 1. The van der Waals surface area contributed by atoms with Crippen molar-refractivity contribution in [1.29, 1.82) is 0 Å². The molecule has 0 radical (unpaired) electrons. The van der Waals surface area contributed by atoms with E-state index in [1.807, 2.05) is 32.0 Å². The first-order valence-corrected chi connectivity index (χ1v) is 11.6. The highest BCUT2D eigenvalue weighted by Crippen LogP contribution is 2.33. The number of rotatable bonds is 8. The molecule has 0 saturated carbocycles. The van der Waals surface area contributed by atoms with Crippen LogP contribution < -0.4 is 16.4 Å². The van der Waals surface area contributed by atoms with E-state index in [4.69, 9.17) is 11.5 Å². The van der Waals surface area contributed by atoms with E-state index in [1.165, 1.54) is 6.33 Å². The molecule has 0 aromatic carbocycles. The Labute approximate surface area is 209 Å². The van der Waals surface area contributed by atoms with Crippen molar-refractivity contribution in [2.45, 2.75) is 19.1 Å². The fourth-order valence-corrected chi connectivity index (χ4v) is 4.21. The van der Waals surface area contributed by atoms with Gasteiger partial charge in [-0.15, -0.1) is 0 Å². The Morgan fingerprint density at radius 3 is 2.36 bits per heavy atom. The molecule has 11 heteroatoms. The van der Waals surface area contributed by atoms with Crippen LogP contribution in [0.15, 0.2) is 60.6 Å². The quantitative estimate of drug-likeness (QED) is 0.530. The van der Waals surface area contributed by atoms with Gasteiger partial charge < -0.3 is 21.3 Å². The minimum Gasteiger partial charge on any atom is -0.384 e. The molecule has 3 heterocycles. The molecule has 194 valence electrons. The van der Waals surface area contributed by atoms with E-state index in [9.17, 15) is 13.2 Å². The van der Waals surface area contributed by atoms with Crippen LogP contribution in [0.1, 0.15) is 6.92 Å². The van der Waals surface area contributed by atoms with Crippen LogP contribution in [-0.4, -0.2) is 83.8 Å². The molecule has 0 bridgehead atoms. The van der Waals surface area contributed by atoms with Crippen molar-refractivity contribution in [2.24, 2.45) is 0 Å². The number of allylic oxidation sites excluding steroid dienone is 4. The van der Waals surface area contributed by atoms with Crippen LogP contribution in [0.2, 0.25) is 0 Å². The molecule has 1 unspecified atom stereocenters. The molecule has 0 amide bonds. The zero-order chi connectivity index (χ0) is 26.5. The summed E-state index contributed by atoms with van der Waals surface area (Å²) in [6, 6.07) is 3.49. The minimum absolute atomic E-state index is 0.0473. The van der Waals surface area contributed by atoms with Gasteiger partial charge in [0.05, 0.1) is 11.1 Å². The molecule has 3 rings (SSSR count). The van der Waals surface area contributed by atoms with Gasteiger partial charge in [-0.05, 0) is 33.2 Å². The summed E-state index contributed by atoms with van der Waals surface area (Å²) in [5, 5.41) is 0. The standard InChI is InChI=1S/C25H33F3N8/c1-5-19(25(26,27)28)8-6-17(2)20(15-34(3)4)35-10-12-36(13-11-35)24-22(23(30)32-16-33-24)18-7-9-21(29)31-14-18/h5-9,14,16,20H,1,10-13,15H2,2-4H3,(H2,29,31)(H2,30,32,33)/b17-6+,19-8+. The van der Waals surface area contributed by atoms with Crippen molar-refractivity contribution in [3.63, 3.8) is 0 Å². The number of alkyl halides is 3. The third kappa shape index (κ3) is 6.61. The predicted molar refractivity (Wildman–Crippen MR) is 138 cm³/mol. The summed E-state index contributed by atoms with van der Waals surface area (Å²) in [6.45, 7) is 8.57. The first-order valence-electron chi connectivity index (χ1n) is 11.6. The molecule has 1 fully saturated rings. The maximum Gasteiger partial charge on any atom is 0.416 e. The highest BCUT2D eigenvalue weighted by molar-refractivity contribution is 5.83. The number of halogens is 3. The lowest BCUT2D eigenvalue weighted by Crippen LogP contribution is -2.53. The monoisotopic (exact) mass is 502 g/mol. The topological polar surface area (TPSA) is 100 Å². The van der Waals surface area contributed by atoms with Crippen molar-refractivity contribution in [2.75, 3.05) is 63.2 Å². The second kappa shape index (κ2) is 11.5. The molecule has 8 nitrogen and oxygen atoms in total. The highest BCUT2D eigenvalue weighted by Gasteiger charge is 2.31. The van der Waals surface area contributed by atoms with E-state index in [0.717, 1.165) is 23.3 Å². The summed E-state index contributed by atoms with van der Waals surface area (Å²) in [5.74, 6) is 1.48. The lowest BCUT2D eigenvalue weighted by Gasteiger charge is -2.41. The van der Waals surface area contributed by atoms with Gasteiger partial charge in [-0.2, -0.15) is 13.2 Å². The number of hydrogen-bond acceptors (Lipinski definition) is 8. The predicted octanol–water partition coefficient (Wildman–Crippen LogP) is 3.38. The van der Waals surface area contributed by atoms with E-state index < -0.39 is 11.7 Å². The molecule has 1 aliphatic heterocycles. The average Bonchev–Trinajstić information content (AvgIpc) is 2.82. The zero-order valence-corrected chi connectivity index (χ0v) is 20.8. The Bertz CT molecular complexity index is 1100. The fourth-order valence-electron chi connectivity index (χ4n) is 4.21. The van der Waals surface area contributed by atoms with E-state index in [-0.39, 0.29) is 6.04 Å². The maximum atomic E-state index is 13.1. The van der Waals surface area contributed by atoms with Crippen molar-refractivity contribution in [3.05, 3.63) is 60.6 Å². The van der Waals surface area contributed by atoms with Gasteiger partial charge in [0.15, 0.2) is 0 Å². The molecular formula is C25H33F3N8. The number of hydrogen-bond donors (Lipinski definition) is 2. The number of nitrogen functional groups attached to an aromatic ring is 2. The van der Waals surface area contributed by atoms with E-state index in [2.05, 4.69) is 31.3 Å². The molecule has 2 aromatic rings. The Morgan fingerprint density at radius 1 is 1.11 bits per heavy atom. The third-order valence-electron chi connectivity index (χ3n) is 6.12. The molecule has 0 aliphatic carbocycles. The van der Waals surface area contributed by atoms with Gasteiger partial charge in [-0.3, -0.25) is 4.90 Å². The van der Waals surface area contributed by atoms with Crippen LogP contribution >= 0.6 is 0 Å². The van der Waals surface area contributed by atoms with Gasteiger partial charge in [0.2, 0.25) is 0 Å². The summed E-state index contributed by atoms with van der Waals surface area (Å²) in [4.78, 5) is 19.3. The molecule has 1 aliphatic rings. The SMILES string of the molecule is C=C/C(=C\C=C(/C)C(CN(C)C)N1CCN(c2ncnc(N)c2-c2ccc(N)nc2)CC1)C(F)(F)F. The van der Waals surface area contributed by atoms with Crippen molar-refractivity contribution >= 4 is 17.5 Å². The lowest BCUT2D eigenvalue weighted by molar-refractivity contribution is -0.0881. The maximum absolute atomic E-state index is 13.1. The van der Waals surface area contributed by atoms with Gasteiger partial charge >= 0.3 is 6.18 Å². The van der Waals surface area contributed by atoms with Gasteiger partial charge in [-0.1, -0.05) is 30.4 Å². The number of likely N-dealkylation sites (N-methyl/N-ethyl adjacent to an activating group) is 1. The third-order valence-corrected chi connectivity index (χ3v) is 6.12. The van der Waals surface area contributed by atoms with Gasteiger partial charge in [0.25, 0.3) is 0 Å². The van der Waals surface area contributed by atoms with Crippen LogP contribution in [0.25, 0.3) is 11.1 Å². The van der Waals surface area contributed by atoms with Gasteiger partial charge in [0, 0.05) is 50.5 Å². The average molecular weight is 503 g/mol. The fraction of sp³-hybridized carbons (Fsp3) is 0.400. The molecular weight excluding hydrogens is 469 g/mol. The molecule has 4 N–H and O–H groups in total. The van der Waals surface area contributed by atoms with Crippen LogP contribution in [0.3, 0.4) is 0 Å². The zero-order valence-electron chi connectivity index (χ0n) is 20.8. The number of aromatic nitrogens is 3. The van der Waals surface area contributed by atoms with E-state index >= 15 is 0 Å². The normalized spacial score (nSPS) is 16.9. The largest absolute Gasteiger partial charge is 0.416 e. The number of anilines is 3. The lowest BCUT2D eigenvalue weighted by atomic mass is 10.0. The highest BCUT2D eigenvalue weighted by atomic mass is 19.4. The molecule has 36 heavy (non-hydrogen) atoms. The van der Waals surface area contributed by atoms with Crippen LogP contribution in [0.4, 0.5) is 30.6 Å². The smallest absolute Gasteiger partial charge is 0.384 e. The Morgan fingerprint density at radius 2 is 1.81 bits per heavy atom. The second-order valence-electron chi connectivity index (χ2n) is 8.96. The Hall–Kier alpha value is -3.44. The van der Waals surface area contributed by atoms with Crippen molar-refractivity contribution in [3.8, 4) is 11.1 Å². The molecule has 1 saturated heterocycles. The van der Waals surface area contributed by atoms with Crippen LogP contribution in [-0.2, 0) is 0 Å². The van der Waals surface area contributed by atoms with Gasteiger partial charge in [0.1, 0.15) is 23.8 Å². The molecule has 0 spiro atoms. The first kappa shape index (κ1) is 27.2. The summed E-state index contributed by atoms with van der Waals surface area (Å²) < 4.78 is 39.4. The molecule has 1 atom stereocenters. The Kier molecular flexibility index (Phi) is 8.70. The summed E-state index contributed by atoms with van der Waals surface area (Å²) in [6.07, 6.45) is 2.14. The summed E-state index contributed by atoms with van der Waals surface area (Å²) in [7, 11) is 3.90. The number of nitrogens with two attached hydrogens (primary N) is 2. The minimum atomic E-state index is -4.43. The van der Waals surface area contributed by atoms with Gasteiger partial charge in [-0.25, -0.2) is 15.0 Å². The van der Waals surface area contributed by atoms with Crippen LogP contribution in [0.5, 0.6) is 0 Å². The first-order chi connectivity index (χ1) is 17.0. The molecule has 2 aromatic heterocycles. The van der Waals surface area contributed by atoms with Crippen molar-refractivity contribution in [1.82, 2.24) is 24.8 Å².